The molecule has 1 aromatic carbocycles. The van der Waals surface area contributed by atoms with Crippen LogP contribution in [0, 0.1) is 5.92 Å². The van der Waals surface area contributed by atoms with Crippen molar-refractivity contribution in [3.05, 3.63) is 35.9 Å². The molecule has 0 saturated carbocycles. The van der Waals surface area contributed by atoms with E-state index >= 15 is 0 Å². The van der Waals surface area contributed by atoms with E-state index in [0.29, 0.717) is 6.61 Å². The summed E-state index contributed by atoms with van der Waals surface area (Å²) >= 11 is 0. The summed E-state index contributed by atoms with van der Waals surface area (Å²) in [5.41, 5.74) is 0.160. The second kappa shape index (κ2) is 6.86. The zero-order valence-corrected chi connectivity index (χ0v) is 17.9. The number of hydrogen-bond acceptors (Lipinski definition) is 4. The van der Waals surface area contributed by atoms with Gasteiger partial charge in [-0.05, 0) is 23.7 Å². The number of carbonyl (C=O) groups excluding carboxylic acids is 1. The molecule has 2 fully saturated rings. The highest BCUT2D eigenvalue weighted by Crippen LogP contribution is 2.49. The average molecular weight is 377 g/mol. The summed E-state index contributed by atoms with van der Waals surface area (Å²) in [4.78, 5) is 13.0. The largest absolute Gasteiger partial charge is 0.410 e. The smallest absolute Gasteiger partial charge is 0.192 e. The monoisotopic (exact) mass is 376 g/mol. The number of hydrogen-bond donors (Lipinski definition) is 0. The molecule has 0 radical (unpaired) electrons. The Hall–Kier alpha value is -1.01. The van der Waals surface area contributed by atoms with E-state index in [4.69, 9.17) is 13.9 Å². The van der Waals surface area contributed by atoms with Gasteiger partial charge >= 0.3 is 0 Å². The highest BCUT2D eigenvalue weighted by atomic mass is 28.4. The van der Waals surface area contributed by atoms with Gasteiger partial charge in [0, 0.05) is 12.3 Å². The SMILES string of the molecule is CC1C(=O)C2(COCc3ccccc3)OC1CC2O[Si](C)(C)C(C)(C)C. The lowest BCUT2D eigenvalue weighted by molar-refractivity contribution is -0.148. The summed E-state index contributed by atoms with van der Waals surface area (Å²) in [7, 11) is -2.00. The van der Waals surface area contributed by atoms with Crippen LogP contribution in [0.4, 0.5) is 0 Å². The van der Waals surface area contributed by atoms with Crippen LogP contribution in [0.3, 0.4) is 0 Å². The molecule has 144 valence electrons. The molecule has 0 spiro atoms. The summed E-state index contributed by atoms with van der Waals surface area (Å²) in [5, 5.41) is 0.0928. The molecule has 4 atom stereocenters. The van der Waals surface area contributed by atoms with Gasteiger partial charge in [0.25, 0.3) is 0 Å². The molecule has 2 bridgehead atoms. The molecule has 4 unspecified atom stereocenters. The molecule has 2 aliphatic heterocycles. The van der Waals surface area contributed by atoms with E-state index in [2.05, 4.69) is 33.9 Å². The van der Waals surface area contributed by atoms with Gasteiger partial charge in [0.2, 0.25) is 0 Å². The van der Waals surface area contributed by atoms with Crippen molar-refractivity contribution < 1.29 is 18.7 Å². The van der Waals surface area contributed by atoms with Crippen LogP contribution in [0.1, 0.15) is 39.7 Å². The molecule has 4 nitrogen and oxygen atoms in total. The fourth-order valence-electron chi connectivity index (χ4n) is 3.64. The van der Waals surface area contributed by atoms with Crippen LogP contribution in [-0.4, -0.2) is 38.5 Å². The number of benzene rings is 1. The Morgan fingerprint density at radius 3 is 2.46 bits per heavy atom. The van der Waals surface area contributed by atoms with Gasteiger partial charge in [0.15, 0.2) is 19.7 Å². The van der Waals surface area contributed by atoms with Gasteiger partial charge in [-0.1, -0.05) is 58.0 Å². The topological polar surface area (TPSA) is 44.8 Å². The molecule has 0 N–H and O–H groups in total. The van der Waals surface area contributed by atoms with Crippen molar-refractivity contribution in [3.8, 4) is 0 Å². The minimum atomic E-state index is -2.00. The van der Waals surface area contributed by atoms with Crippen molar-refractivity contribution in [1.29, 1.82) is 0 Å². The fraction of sp³-hybridized carbons (Fsp3) is 0.667. The van der Waals surface area contributed by atoms with Gasteiger partial charge in [0.05, 0.1) is 25.4 Å². The van der Waals surface area contributed by atoms with Gasteiger partial charge < -0.3 is 13.9 Å². The highest BCUT2D eigenvalue weighted by molar-refractivity contribution is 6.74. The Balaban J connectivity index is 1.74. The third-order valence-corrected chi connectivity index (χ3v) is 10.9. The Morgan fingerprint density at radius 2 is 1.88 bits per heavy atom. The van der Waals surface area contributed by atoms with E-state index in [0.717, 1.165) is 12.0 Å². The average Bonchev–Trinajstić information content (AvgIpc) is 3.02. The molecule has 0 aromatic heterocycles. The Labute approximate surface area is 158 Å². The van der Waals surface area contributed by atoms with Crippen LogP contribution in [0.2, 0.25) is 18.1 Å². The summed E-state index contributed by atoms with van der Waals surface area (Å²) < 4.78 is 18.8. The van der Waals surface area contributed by atoms with Gasteiger partial charge in [-0.25, -0.2) is 0 Å². The van der Waals surface area contributed by atoms with Crippen LogP contribution < -0.4 is 0 Å². The molecule has 3 rings (SSSR count). The zero-order valence-electron chi connectivity index (χ0n) is 16.9. The molecule has 0 amide bonds. The van der Waals surface area contributed by atoms with Gasteiger partial charge in [0.1, 0.15) is 0 Å². The molecular weight excluding hydrogens is 344 g/mol. The zero-order chi connectivity index (χ0) is 19.2. The van der Waals surface area contributed by atoms with E-state index in [-0.39, 0.29) is 35.6 Å². The first-order valence-corrected chi connectivity index (χ1v) is 12.5. The van der Waals surface area contributed by atoms with E-state index < -0.39 is 13.9 Å². The lowest BCUT2D eigenvalue weighted by atomic mass is 9.79. The van der Waals surface area contributed by atoms with E-state index in [1.807, 2.05) is 37.3 Å². The van der Waals surface area contributed by atoms with E-state index in [9.17, 15) is 4.79 Å². The molecule has 0 aliphatic carbocycles. The van der Waals surface area contributed by atoms with Crippen molar-refractivity contribution in [3.63, 3.8) is 0 Å². The molecule has 2 aliphatic rings. The fourth-order valence-corrected chi connectivity index (χ4v) is 4.99. The Bertz CT molecular complexity index is 652. The summed E-state index contributed by atoms with van der Waals surface area (Å²) in [6.45, 7) is 13.8. The number of ether oxygens (including phenoxy) is 2. The number of fused-ring (bicyclic) bond motifs is 2. The maximum absolute atomic E-state index is 13.0. The number of rotatable bonds is 6. The Morgan fingerprint density at radius 1 is 1.23 bits per heavy atom. The first-order chi connectivity index (χ1) is 12.1. The van der Waals surface area contributed by atoms with Crippen LogP contribution in [0.5, 0.6) is 0 Å². The first-order valence-electron chi connectivity index (χ1n) is 9.58. The number of Topliss-reactive ketones (excluding diaryl/α,β-unsaturated/α-hetero) is 1. The second-order valence-corrected chi connectivity index (χ2v) is 14.0. The maximum atomic E-state index is 13.0. The predicted molar refractivity (Wildman–Crippen MR) is 105 cm³/mol. The number of carbonyl (C=O) groups is 1. The molecular formula is C21H32O4Si. The van der Waals surface area contributed by atoms with Crippen molar-refractivity contribution >= 4 is 14.1 Å². The first kappa shape index (κ1) is 19.7. The molecule has 1 aromatic rings. The minimum Gasteiger partial charge on any atom is -0.410 e. The lowest BCUT2D eigenvalue weighted by Gasteiger charge is -2.42. The van der Waals surface area contributed by atoms with Crippen molar-refractivity contribution in [2.45, 2.75) is 76.7 Å². The normalized spacial score (nSPS) is 31.6. The molecule has 2 saturated heterocycles. The quantitative estimate of drug-likeness (QED) is 0.693. The van der Waals surface area contributed by atoms with Gasteiger partial charge in [-0.2, -0.15) is 0 Å². The standard InChI is InChI=1S/C21H32O4Si/c1-15-17-12-18(25-26(5,6)20(2,3)4)21(24-17,19(15)22)14-23-13-16-10-8-7-9-11-16/h7-11,15,17-18H,12-14H2,1-6H3. The molecule has 2 heterocycles. The van der Waals surface area contributed by atoms with Gasteiger partial charge in [-0.3, -0.25) is 4.79 Å². The van der Waals surface area contributed by atoms with E-state index in [1.165, 1.54) is 0 Å². The highest BCUT2D eigenvalue weighted by Gasteiger charge is 2.65. The van der Waals surface area contributed by atoms with E-state index in [1.54, 1.807) is 0 Å². The summed E-state index contributed by atoms with van der Waals surface area (Å²) in [6.07, 6.45) is 0.541. The van der Waals surface area contributed by atoms with Crippen molar-refractivity contribution in [1.82, 2.24) is 0 Å². The van der Waals surface area contributed by atoms with Crippen LogP contribution in [-0.2, 0) is 25.3 Å². The van der Waals surface area contributed by atoms with Crippen LogP contribution in [0.25, 0.3) is 0 Å². The Kier molecular flexibility index (Phi) is 5.21. The molecule has 5 heteroatoms. The third kappa shape index (κ3) is 3.42. The number of ketones is 1. The molecule has 26 heavy (non-hydrogen) atoms. The van der Waals surface area contributed by atoms with Gasteiger partial charge in [-0.15, -0.1) is 0 Å². The van der Waals surface area contributed by atoms with Crippen LogP contribution in [0.15, 0.2) is 30.3 Å². The second-order valence-electron chi connectivity index (χ2n) is 9.28. The summed E-state index contributed by atoms with van der Waals surface area (Å²) in [5.74, 6) is 0.0695. The third-order valence-electron chi connectivity index (χ3n) is 6.39. The van der Waals surface area contributed by atoms with Crippen molar-refractivity contribution in [2.75, 3.05) is 6.61 Å². The predicted octanol–water partition coefficient (Wildman–Crippen LogP) is 4.34. The summed E-state index contributed by atoms with van der Waals surface area (Å²) in [6, 6.07) is 10.0. The van der Waals surface area contributed by atoms with Crippen molar-refractivity contribution in [2.24, 2.45) is 5.92 Å². The van der Waals surface area contributed by atoms with Crippen LogP contribution >= 0.6 is 0 Å². The lowest BCUT2D eigenvalue weighted by Crippen LogP contribution is -2.57. The minimum absolute atomic E-state index is 0.0439. The maximum Gasteiger partial charge on any atom is 0.192 e.